The minimum absolute atomic E-state index is 0.0769. The molecule has 0 bridgehead atoms. The van der Waals surface area contributed by atoms with Crippen LogP contribution in [0.15, 0.2) is 41.5 Å². The molecule has 27 heavy (non-hydrogen) atoms. The van der Waals surface area contributed by atoms with Gasteiger partial charge in [-0.3, -0.25) is 14.2 Å². The van der Waals surface area contributed by atoms with E-state index in [4.69, 9.17) is 11.6 Å². The zero-order valence-electron chi connectivity index (χ0n) is 14.7. The molecule has 6 nitrogen and oxygen atoms in total. The average Bonchev–Trinajstić information content (AvgIpc) is 2.69. The van der Waals surface area contributed by atoms with Crippen molar-refractivity contribution in [1.82, 2.24) is 19.9 Å². The second kappa shape index (κ2) is 7.48. The largest absolute Gasteiger partial charge is 0.350 e. The van der Waals surface area contributed by atoms with Crippen molar-refractivity contribution in [3.05, 3.63) is 68.9 Å². The van der Waals surface area contributed by atoms with Crippen molar-refractivity contribution in [1.29, 1.82) is 0 Å². The summed E-state index contributed by atoms with van der Waals surface area (Å²) in [6, 6.07) is 9.14. The van der Waals surface area contributed by atoms with E-state index >= 15 is 0 Å². The van der Waals surface area contributed by atoms with Crippen molar-refractivity contribution in [2.24, 2.45) is 0 Å². The van der Waals surface area contributed by atoms with Gasteiger partial charge >= 0.3 is 0 Å². The van der Waals surface area contributed by atoms with Gasteiger partial charge in [0.05, 0.1) is 5.39 Å². The third-order valence-corrected chi connectivity index (χ3v) is 5.06. The molecule has 3 aromatic rings. The number of hydrogen-bond donors (Lipinski definition) is 1. The number of fused-ring (bicyclic) bond motifs is 2. The molecule has 2 aromatic heterocycles. The van der Waals surface area contributed by atoms with Crippen molar-refractivity contribution in [2.45, 2.75) is 38.8 Å². The number of aromatic nitrogens is 3. The van der Waals surface area contributed by atoms with Gasteiger partial charge in [0.2, 0.25) is 5.91 Å². The molecule has 0 unspecified atom stereocenters. The van der Waals surface area contributed by atoms with Gasteiger partial charge in [-0.1, -0.05) is 23.7 Å². The fourth-order valence-electron chi connectivity index (χ4n) is 3.34. The van der Waals surface area contributed by atoms with Crippen molar-refractivity contribution in [2.75, 3.05) is 0 Å². The Balaban J connectivity index is 1.51. The molecule has 1 aromatic carbocycles. The Kier molecular flexibility index (Phi) is 4.90. The highest BCUT2D eigenvalue weighted by Crippen LogP contribution is 2.21. The number of nitrogens with zero attached hydrogens (tertiary/aromatic N) is 3. The third-order valence-electron chi connectivity index (χ3n) is 4.81. The van der Waals surface area contributed by atoms with Crippen LogP contribution in [0.3, 0.4) is 0 Å². The van der Waals surface area contributed by atoms with Crippen molar-refractivity contribution in [3.8, 4) is 0 Å². The summed E-state index contributed by atoms with van der Waals surface area (Å²) in [5.41, 5.74) is 3.32. The van der Waals surface area contributed by atoms with Crippen LogP contribution in [-0.4, -0.2) is 20.4 Å². The Morgan fingerprint density at radius 1 is 1.19 bits per heavy atom. The fraction of sp³-hybridized carbons (Fsp3) is 0.300. The summed E-state index contributed by atoms with van der Waals surface area (Å²) >= 11 is 5.85. The van der Waals surface area contributed by atoms with E-state index in [1.807, 2.05) is 18.2 Å². The number of carbonyl (C=O) groups is 1. The van der Waals surface area contributed by atoms with E-state index in [1.165, 1.54) is 10.9 Å². The number of carbonyl (C=O) groups excluding carboxylic acids is 1. The molecule has 0 spiro atoms. The standard InChI is InChI=1S/C20H19ClN4O2/c21-15-7-5-13(6-8-15)10-22-18(26)11-25-12-23-19-16(20(25)27)9-14-3-1-2-4-17(14)24-19/h5-9,12H,1-4,10-11H2,(H,22,26). The monoisotopic (exact) mass is 382 g/mol. The van der Waals surface area contributed by atoms with Crippen LogP contribution < -0.4 is 10.9 Å². The van der Waals surface area contributed by atoms with Gasteiger partial charge in [-0.05, 0) is 55.0 Å². The summed E-state index contributed by atoms with van der Waals surface area (Å²) in [5.74, 6) is -0.251. The van der Waals surface area contributed by atoms with Crippen LogP contribution in [-0.2, 0) is 30.7 Å². The molecule has 4 rings (SSSR count). The fourth-order valence-corrected chi connectivity index (χ4v) is 3.46. The van der Waals surface area contributed by atoms with Crippen LogP contribution >= 0.6 is 11.6 Å². The normalized spacial score (nSPS) is 13.4. The lowest BCUT2D eigenvalue weighted by molar-refractivity contribution is -0.121. The summed E-state index contributed by atoms with van der Waals surface area (Å²) in [7, 11) is 0. The van der Waals surface area contributed by atoms with Gasteiger partial charge in [-0.25, -0.2) is 9.97 Å². The second-order valence-electron chi connectivity index (χ2n) is 6.75. The van der Waals surface area contributed by atoms with E-state index in [0.717, 1.165) is 42.5 Å². The average molecular weight is 383 g/mol. The lowest BCUT2D eigenvalue weighted by Gasteiger charge is -2.15. The molecule has 7 heteroatoms. The molecule has 0 saturated heterocycles. The van der Waals surface area contributed by atoms with E-state index in [0.29, 0.717) is 22.6 Å². The topological polar surface area (TPSA) is 76.9 Å². The van der Waals surface area contributed by atoms with Crippen molar-refractivity contribution >= 4 is 28.5 Å². The van der Waals surface area contributed by atoms with Gasteiger partial charge in [-0.15, -0.1) is 0 Å². The Morgan fingerprint density at radius 3 is 2.78 bits per heavy atom. The van der Waals surface area contributed by atoms with Gasteiger partial charge in [0.1, 0.15) is 12.9 Å². The minimum Gasteiger partial charge on any atom is -0.350 e. The van der Waals surface area contributed by atoms with Gasteiger partial charge < -0.3 is 5.32 Å². The molecule has 0 radical (unpaired) electrons. The third kappa shape index (κ3) is 3.85. The summed E-state index contributed by atoms with van der Waals surface area (Å²) in [5, 5.41) is 3.93. The Bertz CT molecular complexity index is 1060. The van der Waals surface area contributed by atoms with E-state index in [9.17, 15) is 9.59 Å². The molecule has 1 N–H and O–H groups in total. The Hall–Kier alpha value is -2.73. The molecule has 1 aliphatic rings. The first-order valence-electron chi connectivity index (χ1n) is 8.99. The van der Waals surface area contributed by atoms with Crippen LogP contribution in [0.2, 0.25) is 5.02 Å². The molecule has 1 aliphatic carbocycles. The van der Waals surface area contributed by atoms with E-state index in [2.05, 4.69) is 15.3 Å². The van der Waals surface area contributed by atoms with Crippen molar-refractivity contribution < 1.29 is 4.79 Å². The SMILES string of the molecule is O=C(Cn1cnc2nc3c(cc2c1=O)CCCC3)NCc1ccc(Cl)cc1. The van der Waals surface area contributed by atoms with Crippen LogP contribution in [0, 0.1) is 0 Å². The quantitative estimate of drug-likeness (QED) is 0.752. The molecular weight excluding hydrogens is 364 g/mol. The molecule has 0 aliphatic heterocycles. The first-order valence-corrected chi connectivity index (χ1v) is 9.37. The Labute approximate surface area is 161 Å². The van der Waals surface area contributed by atoms with Crippen molar-refractivity contribution in [3.63, 3.8) is 0 Å². The number of aryl methyl sites for hydroxylation is 2. The van der Waals surface area contributed by atoms with E-state index in [1.54, 1.807) is 12.1 Å². The second-order valence-corrected chi connectivity index (χ2v) is 7.19. The van der Waals surface area contributed by atoms with Gasteiger partial charge in [0.15, 0.2) is 5.65 Å². The zero-order chi connectivity index (χ0) is 18.8. The number of halogens is 1. The van der Waals surface area contributed by atoms with Crippen LogP contribution in [0.5, 0.6) is 0 Å². The van der Waals surface area contributed by atoms with Crippen LogP contribution in [0.1, 0.15) is 29.7 Å². The molecule has 1 amide bonds. The maximum Gasteiger partial charge on any atom is 0.263 e. The molecule has 138 valence electrons. The summed E-state index contributed by atoms with van der Waals surface area (Å²) in [6.45, 7) is 0.299. The summed E-state index contributed by atoms with van der Waals surface area (Å²) in [6.07, 6.45) is 5.50. The first kappa shape index (κ1) is 17.7. The van der Waals surface area contributed by atoms with E-state index in [-0.39, 0.29) is 18.0 Å². The molecule has 2 heterocycles. The van der Waals surface area contributed by atoms with Gasteiger partial charge in [-0.2, -0.15) is 0 Å². The zero-order valence-corrected chi connectivity index (χ0v) is 15.5. The highest BCUT2D eigenvalue weighted by atomic mass is 35.5. The lowest BCUT2D eigenvalue weighted by Crippen LogP contribution is -2.32. The summed E-state index contributed by atoms with van der Waals surface area (Å²) < 4.78 is 1.33. The first-order chi connectivity index (χ1) is 13.1. The molecular formula is C20H19ClN4O2. The number of benzene rings is 1. The number of hydrogen-bond acceptors (Lipinski definition) is 4. The highest BCUT2D eigenvalue weighted by molar-refractivity contribution is 6.30. The minimum atomic E-state index is -0.251. The predicted molar refractivity (Wildman–Crippen MR) is 104 cm³/mol. The molecule has 0 atom stereocenters. The highest BCUT2D eigenvalue weighted by Gasteiger charge is 2.15. The maximum atomic E-state index is 12.7. The van der Waals surface area contributed by atoms with Gasteiger partial charge in [0.25, 0.3) is 5.56 Å². The van der Waals surface area contributed by atoms with Crippen LogP contribution in [0.4, 0.5) is 0 Å². The number of rotatable bonds is 4. The Morgan fingerprint density at radius 2 is 1.96 bits per heavy atom. The predicted octanol–water partition coefficient (Wildman–Crippen LogP) is 2.64. The van der Waals surface area contributed by atoms with Gasteiger partial charge in [0, 0.05) is 17.3 Å². The smallest absolute Gasteiger partial charge is 0.263 e. The number of amides is 1. The number of nitrogens with one attached hydrogen (secondary N) is 1. The lowest BCUT2D eigenvalue weighted by atomic mass is 9.95. The van der Waals surface area contributed by atoms with Crippen LogP contribution in [0.25, 0.3) is 11.0 Å². The number of pyridine rings is 1. The summed E-state index contributed by atoms with van der Waals surface area (Å²) in [4.78, 5) is 33.8. The van der Waals surface area contributed by atoms with E-state index < -0.39 is 0 Å². The maximum absolute atomic E-state index is 12.7. The molecule has 0 fully saturated rings. The molecule has 0 saturated carbocycles.